The highest BCUT2D eigenvalue weighted by Crippen LogP contribution is 2.31. The lowest BCUT2D eigenvalue weighted by atomic mass is 10.0. The van der Waals surface area contributed by atoms with Crippen LogP contribution in [-0.4, -0.2) is 44.3 Å². The van der Waals surface area contributed by atoms with Crippen LogP contribution in [0.5, 0.6) is 0 Å². The Morgan fingerprint density at radius 3 is 2.17 bits per heavy atom. The number of sulfonamides is 1. The predicted molar refractivity (Wildman–Crippen MR) is 186 cm³/mol. The van der Waals surface area contributed by atoms with Gasteiger partial charge in [-0.1, -0.05) is 102 Å². The fraction of sp³-hybridized carbons (Fsp3) is 0.257. The number of carbonyl (C=O) groups is 2. The van der Waals surface area contributed by atoms with Crippen molar-refractivity contribution in [3.63, 3.8) is 0 Å². The second-order valence-electron chi connectivity index (χ2n) is 11.0. The molecule has 4 rings (SSSR count). The first-order valence-electron chi connectivity index (χ1n) is 14.8. The molecule has 0 saturated carbocycles. The summed E-state index contributed by atoms with van der Waals surface area (Å²) in [6.45, 7) is 5.33. The SMILES string of the molecule is CCCNC(=O)C(Cc1ccccc1)N(Cc1ccc(Cl)c(Cl)c1)C(=O)CN(c1cc(Cl)ccc1C)S(=O)(=O)c1ccc(C)cc1. The van der Waals surface area contributed by atoms with E-state index in [-0.39, 0.29) is 29.5 Å². The molecule has 4 aromatic rings. The summed E-state index contributed by atoms with van der Waals surface area (Å²) in [5, 5.41) is 3.87. The zero-order chi connectivity index (χ0) is 33.4. The minimum Gasteiger partial charge on any atom is -0.354 e. The van der Waals surface area contributed by atoms with Crippen LogP contribution in [0.25, 0.3) is 0 Å². The number of aryl methyl sites for hydroxylation is 2. The Morgan fingerprint density at radius 1 is 0.826 bits per heavy atom. The van der Waals surface area contributed by atoms with E-state index in [4.69, 9.17) is 34.8 Å². The molecule has 1 atom stereocenters. The molecule has 0 radical (unpaired) electrons. The zero-order valence-corrected chi connectivity index (χ0v) is 28.9. The molecule has 46 heavy (non-hydrogen) atoms. The van der Waals surface area contributed by atoms with Crippen molar-refractivity contribution in [2.45, 2.75) is 51.1 Å². The Balaban J connectivity index is 1.84. The molecule has 0 heterocycles. The molecule has 7 nitrogen and oxygen atoms in total. The highest BCUT2D eigenvalue weighted by Gasteiger charge is 2.35. The van der Waals surface area contributed by atoms with E-state index >= 15 is 0 Å². The summed E-state index contributed by atoms with van der Waals surface area (Å²) in [5.41, 5.74) is 3.20. The van der Waals surface area contributed by atoms with Crippen LogP contribution in [0, 0.1) is 13.8 Å². The molecule has 4 aromatic carbocycles. The topological polar surface area (TPSA) is 86.8 Å². The van der Waals surface area contributed by atoms with Crippen molar-refractivity contribution < 1.29 is 18.0 Å². The number of halogens is 3. The number of amides is 2. The number of anilines is 1. The second-order valence-corrected chi connectivity index (χ2v) is 14.1. The van der Waals surface area contributed by atoms with E-state index < -0.39 is 28.5 Å². The van der Waals surface area contributed by atoms with E-state index in [1.165, 1.54) is 23.1 Å². The number of hydrogen-bond acceptors (Lipinski definition) is 4. The predicted octanol–water partition coefficient (Wildman–Crippen LogP) is 7.63. The van der Waals surface area contributed by atoms with Gasteiger partial charge < -0.3 is 10.2 Å². The molecule has 0 fully saturated rings. The van der Waals surface area contributed by atoms with Gasteiger partial charge in [-0.15, -0.1) is 0 Å². The smallest absolute Gasteiger partial charge is 0.264 e. The van der Waals surface area contributed by atoms with E-state index in [2.05, 4.69) is 5.32 Å². The van der Waals surface area contributed by atoms with Crippen molar-refractivity contribution in [2.24, 2.45) is 0 Å². The van der Waals surface area contributed by atoms with Crippen molar-refractivity contribution in [1.29, 1.82) is 0 Å². The van der Waals surface area contributed by atoms with E-state index in [0.29, 0.717) is 39.2 Å². The number of benzene rings is 4. The van der Waals surface area contributed by atoms with Gasteiger partial charge in [-0.05, 0) is 73.4 Å². The number of nitrogens with zero attached hydrogens (tertiary/aromatic N) is 2. The fourth-order valence-corrected chi connectivity index (χ4v) is 6.91. The standard InChI is InChI=1S/C35H36Cl3N3O4S/c1-4-18-39-35(43)33(20-26-8-6-5-7-9-26)40(22-27-13-17-30(37)31(38)19-27)34(42)23-41(32-21-28(36)14-12-25(32)3)46(44,45)29-15-10-24(2)11-16-29/h5-17,19,21,33H,4,18,20,22-23H2,1-3H3,(H,39,43). The van der Waals surface area contributed by atoms with Crippen molar-refractivity contribution in [2.75, 3.05) is 17.4 Å². The van der Waals surface area contributed by atoms with E-state index in [0.717, 1.165) is 15.4 Å². The van der Waals surface area contributed by atoms with Crippen molar-refractivity contribution in [3.8, 4) is 0 Å². The Bertz CT molecular complexity index is 1790. The van der Waals surface area contributed by atoms with Gasteiger partial charge in [-0.3, -0.25) is 13.9 Å². The number of hydrogen-bond donors (Lipinski definition) is 1. The third-order valence-electron chi connectivity index (χ3n) is 7.48. The molecule has 242 valence electrons. The number of carbonyl (C=O) groups excluding carboxylic acids is 2. The average Bonchev–Trinajstić information content (AvgIpc) is 3.03. The maximum atomic E-state index is 14.6. The number of rotatable bonds is 13. The summed E-state index contributed by atoms with van der Waals surface area (Å²) in [6.07, 6.45) is 0.894. The zero-order valence-electron chi connectivity index (χ0n) is 25.8. The van der Waals surface area contributed by atoms with Crippen molar-refractivity contribution >= 4 is 62.3 Å². The van der Waals surface area contributed by atoms with Crippen LogP contribution in [0.3, 0.4) is 0 Å². The Kier molecular flexibility index (Phi) is 12.1. The highest BCUT2D eigenvalue weighted by molar-refractivity contribution is 7.92. The largest absolute Gasteiger partial charge is 0.354 e. The summed E-state index contributed by atoms with van der Waals surface area (Å²) in [4.78, 5) is 29.8. The summed E-state index contributed by atoms with van der Waals surface area (Å²) < 4.78 is 29.5. The average molecular weight is 701 g/mol. The molecule has 0 aliphatic heterocycles. The minimum atomic E-state index is -4.25. The first-order valence-corrected chi connectivity index (χ1v) is 17.4. The van der Waals surface area contributed by atoms with E-state index in [1.807, 2.05) is 44.2 Å². The van der Waals surface area contributed by atoms with Gasteiger partial charge in [0.2, 0.25) is 11.8 Å². The molecule has 1 unspecified atom stereocenters. The van der Waals surface area contributed by atoms with Crippen LogP contribution in [0.4, 0.5) is 5.69 Å². The Morgan fingerprint density at radius 2 is 1.52 bits per heavy atom. The third-order valence-corrected chi connectivity index (χ3v) is 10.2. The van der Waals surface area contributed by atoms with Crippen LogP contribution in [0.2, 0.25) is 15.1 Å². The van der Waals surface area contributed by atoms with Gasteiger partial charge >= 0.3 is 0 Å². The molecule has 1 N–H and O–H groups in total. The molecule has 0 bridgehead atoms. The monoisotopic (exact) mass is 699 g/mol. The van der Waals surface area contributed by atoms with Crippen LogP contribution in [-0.2, 0) is 32.6 Å². The number of nitrogens with one attached hydrogen (secondary N) is 1. The van der Waals surface area contributed by atoms with E-state index in [9.17, 15) is 18.0 Å². The third kappa shape index (κ3) is 8.82. The van der Waals surface area contributed by atoms with Crippen molar-refractivity contribution in [1.82, 2.24) is 10.2 Å². The normalized spacial score (nSPS) is 12.0. The molecule has 2 amide bonds. The van der Waals surface area contributed by atoms with Crippen LogP contribution in [0.15, 0.2) is 95.9 Å². The molecular formula is C35H36Cl3N3O4S. The summed E-state index contributed by atoms with van der Waals surface area (Å²) in [6, 6.07) is 24.6. The van der Waals surface area contributed by atoms with Crippen LogP contribution >= 0.6 is 34.8 Å². The molecular weight excluding hydrogens is 665 g/mol. The lowest BCUT2D eigenvalue weighted by Gasteiger charge is -2.34. The van der Waals surface area contributed by atoms with Gasteiger partial charge in [0.1, 0.15) is 12.6 Å². The van der Waals surface area contributed by atoms with Gasteiger partial charge in [0.15, 0.2) is 0 Å². The molecule has 0 aliphatic rings. The van der Waals surface area contributed by atoms with E-state index in [1.54, 1.807) is 49.4 Å². The highest BCUT2D eigenvalue weighted by atomic mass is 35.5. The maximum Gasteiger partial charge on any atom is 0.264 e. The first kappa shape index (κ1) is 35.3. The van der Waals surface area contributed by atoms with Gasteiger partial charge in [0.05, 0.1) is 20.6 Å². The molecule has 0 aliphatic carbocycles. The summed E-state index contributed by atoms with van der Waals surface area (Å²) in [7, 11) is -4.25. The molecule has 0 saturated heterocycles. The summed E-state index contributed by atoms with van der Waals surface area (Å²) in [5.74, 6) is -0.945. The summed E-state index contributed by atoms with van der Waals surface area (Å²) >= 11 is 18.9. The molecule has 0 spiro atoms. The Labute approximate surface area is 286 Å². The van der Waals surface area contributed by atoms with Gasteiger partial charge in [0, 0.05) is 24.5 Å². The lowest BCUT2D eigenvalue weighted by Crippen LogP contribution is -2.53. The Hall–Kier alpha value is -3.56. The molecule has 11 heteroatoms. The maximum absolute atomic E-state index is 14.6. The second kappa shape index (κ2) is 15.8. The van der Waals surface area contributed by atoms with Crippen LogP contribution < -0.4 is 9.62 Å². The quantitative estimate of drug-likeness (QED) is 0.156. The van der Waals surface area contributed by atoms with Gasteiger partial charge in [0.25, 0.3) is 10.0 Å². The van der Waals surface area contributed by atoms with Crippen molar-refractivity contribution in [3.05, 3.63) is 128 Å². The van der Waals surface area contributed by atoms with Gasteiger partial charge in [-0.25, -0.2) is 8.42 Å². The fourth-order valence-electron chi connectivity index (χ4n) is 4.96. The van der Waals surface area contributed by atoms with Gasteiger partial charge in [-0.2, -0.15) is 0 Å². The lowest BCUT2D eigenvalue weighted by molar-refractivity contribution is -0.140. The van der Waals surface area contributed by atoms with Crippen LogP contribution in [0.1, 0.15) is 35.6 Å². The molecule has 0 aromatic heterocycles. The minimum absolute atomic E-state index is 0.0165. The first-order chi connectivity index (χ1) is 21.9.